The Bertz CT molecular complexity index is 689. The maximum Gasteiger partial charge on any atom is 0.295 e. The molecule has 0 spiro atoms. The second-order valence-electron chi connectivity index (χ2n) is 4.42. The summed E-state index contributed by atoms with van der Waals surface area (Å²) in [6, 6.07) is 9.44. The van der Waals surface area contributed by atoms with Gasteiger partial charge in [0.25, 0.3) is 5.56 Å². The number of aromatic nitrogens is 2. The van der Waals surface area contributed by atoms with E-state index in [-0.39, 0.29) is 10.7 Å². The summed E-state index contributed by atoms with van der Waals surface area (Å²) < 4.78 is 3.39. The summed E-state index contributed by atoms with van der Waals surface area (Å²) in [5, 5.41) is 0.288. The first-order valence-corrected chi connectivity index (χ1v) is 6.48. The van der Waals surface area contributed by atoms with Crippen LogP contribution in [-0.4, -0.2) is 21.5 Å². The molecule has 6 nitrogen and oxygen atoms in total. The molecule has 3 N–H and O–H groups in total. The van der Waals surface area contributed by atoms with Crippen LogP contribution in [0.5, 0.6) is 0 Å². The van der Waals surface area contributed by atoms with Crippen LogP contribution >= 0.6 is 12.2 Å². The summed E-state index contributed by atoms with van der Waals surface area (Å²) in [6.45, 7) is 1.87. The Kier molecular flexibility index (Phi) is 3.91. The van der Waals surface area contributed by atoms with Crippen molar-refractivity contribution in [3.63, 3.8) is 0 Å². The minimum Gasteiger partial charge on any atom is -0.315 e. The number of anilines is 1. The van der Waals surface area contributed by atoms with E-state index in [0.29, 0.717) is 5.69 Å². The molecule has 0 amide bonds. The number of rotatable bonds is 2. The number of benzene rings is 1. The highest BCUT2D eigenvalue weighted by atomic mass is 32.1. The highest BCUT2D eigenvalue weighted by molar-refractivity contribution is 7.80. The molecule has 1 heterocycles. The Labute approximate surface area is 122 Å². The molecule has 1 aromatic carbocycles. The molecular weight excluding hydrogens is 274 g/mol. The van der Waals surface area contributed by atoms with Crippen LogP contribution in [0.4, 0.5) is 5.69 Å². The van der Waals surface area contributed by atoms with Crippen LogP contribution in [0, 0.1) is 6.92 Å². The van der Waals surface area contributed by atoms with Gasteiger partial charge in [0, 0.05) is 14.1 Å². The molecule has 0 saturated heterocycles. The Balaban J connectivity index is 2.64. The molecule has 1 aromatic heterocycles. The summed E-state index contributed by atoms with van der Waals surface area (Å²) in [6.07, 6.45) is 0. The topological polar surface area (TPSA) is 68.2 Å². The van der Waals surface area contributed by atoms with E-state index in [9.17, 15) is 4.79 Å². The van der Waals surface area contributed by atoms with Crippen molar-refractivity contribution in [1.82, 2.24) is 14.8 Å². The van der Waals surface area contributed by atoms with Crippen molar-refractivity contribution in [3.05, 3.63) is 46.4 Å². The van der Waals surface area contributed by atoms with Crippen LogP contribution in [0.15, 0.2) is 35.1 Å². The van der Waals surface area contributed by atoms with E-state index in [1.54, 1.807) is 21.3 Å². The average molecular weight is 291 g/mol. The molecule has 20 heavy (non-hydrogen) atoms. The standard InChI is InChI=1S/C13H17N5OS/c1-9-11(16(2)13(20)15-14)12(19)18(17(9)3)10-7-5-4-6-8-10/h4-8H,14H2,1-3H3,(H,15,20). The van der Waals surface area contributed by atoms with Crippen molar-refractivity contribution in [3.8, 4) is 5.69 Å². The van der Waals surface area contributed by atoms with Gasteiger partial charge in [-0.25, -0.2) is 10.5 Å². The molecule has 0 atom stereocenters. The fourth-order valence-corrected chi connectivity index (χ4v) is 2.23. The smallest absolute Gasteiger partial charge is 0.295 e. The van der Waals surface area contributed by atoms with Crippen LogP contribution in [0.1, 0.15) is 5.69 Å². The minimum atomic E-state index is -0.142. The van der Waals surface area contributed by atoms with Gasteiger partial charge in [-0.15, -0.1) is 0 Å². The number of hydrogen-bond acceptors (Lipinski definition) is 3. The van der Waals surface area contributed by atoms with E-state index in [1.807, 2.05) is 44.3 Å². The van der Waals surface area contributed by atoms with Crippen LogP contribution < -0.4 is 21.7 Å². The predicted octanol–water partition coefficient (Wildman–Crippen LogP) is 0.669. The number of hydrazine groups is 1. The zero-order valence-corrected chi connectivity index (χ0v) is 12.4. The van der Waals surface area contributed by atoms with Crippen LogP contribution in [0.2, 0.25) is 0 Å². The monoisotopic (exact) mass is 291 g/mol. The third-order valence-electron chi connectivity index (χ3n) is 3.29. The number of nitrogens with one attached hydrogen (secondary N) is 1. The number of hydrogen-bond donors (Lipinski definition) is 2. The van der Waals surface area contributed by atoms with E-state index in [4.69, 9.17) is 18.1 Å². The van der Waals surface area contributed by atoms with Crippen molar-refractivity contribution in [2.24, 2.45) is 12.9 Å². The lowest BCUT2D eigenvalue weighted by molar-refractivity contribution is 0.630. The third kappa shape index (κ3) is 2.21. The molecule has 0 saturated carbocycles. The van der Waals surface area contributed by atoms with Gasteiger partial charge in [0.1, 0.15) is 5.69 Å². The van der Waals surface area contributed by atoms with E-state index >= 15 is 0 Å². The molecule has 0 aliphatic heterocycles. The second kappa shape index (κ2) is 5.48. The minimum absolute atomic E-state index is 0.142. The van der Waals surface area contributed by atoms with Crippen molar-refractivity contribution < 1.29 is 0 Å². The Morgan fingerprint density at radius 3 is 2.50 bits per heavy atom. The van der Waals surface area contributed by atoms with E-state index < -0.39 is 0 Å². The lowest BCUT2D eigenvalue weighted by Crippen LogP contribution is -2.43. The van der Waals surface area contributed by atoms with Crippen molar-refractivity contribution in [1.29, 1.82) is 0 Å². The fourth-order valence-electron chi connectivity index (χ4n) is 2.14. The normalized spacial score (nSPS) is 10.4. The molecule has 7 heteroatoms. The molecule has 0 fully saturated rings. The van der Waals surface area contributed by atoms with Gasteiger partial charge in [0.05, 0.1) is 11.4 Å². The molecule has 0 bridgehead atoms. The average Bonchev–Trinajstić information content (AvgIpc) is 2.68. The zero-order valence-electron chi connectivity index (χ0n) is 11.6. The van der Waals surface area contributed by atoms with Crippen molar-refractivity contribution in [2.75, 3.05) is 11.9 Å². The quantitative estimate of drug-likeness (QED) is 0.483. The first-order valence-electron chi connectivity index (χ1n) is 6.07. The molecule has 0 aliphatic rings. The first kappa shape index (κ1) is 14.3. The predicted molar refractivity (Wildman–Crippen MR) is 84.1 cm³/mol. The summed E-state index contributed by atoms with van der Waals surface area (Å²) in [4.78, 5) is 14.2. The summed E-state index contributed by atoms with van der Waals surface area (Å²) in [5.41, 5.74) is 4.35. The van der Waals surface area contributed by atoms with Gasteiger partial charge >= 0.3 is 0 Å². The molecular formula is C13H17N5OS. The third-order valence-corrected chi connectivity index (χ3v) is 3.68. The summed E-state index contributed by atoms with van der Waals surface area (Å²) in [5.74, 6) is 5.32. The zero-order chi connectivity index (χ0) is 14.9. The lowest BCUT2D eigenvalue weighted by atomic mass is 10.3. The van der Waals surface area contributed by atoms with Gasteiger partial charge in [-0.1, -0.05) is 18.2 Å². The Morgan fingerprint density at radius 2 is 1.95 bits per heavy atom. The molecule has 0 aliphatic carbocycles. The Morgan fingerprint density at radius 1 is 1.35 bits per heavy atom. The van der Waals surface area contributed by atoms with E-state index in [0.717, 1.165) is 11.4 Å². The van der Waals surface area contributed by atoms with E-state index in [2.05, 4.69) is 5.43 Å². The molecule has 0 unspecified atom stereocenters. The molecule has 2 rings (SSSR count). The van der Waals surface area contributed by atoms with Crippen LogP contribution in [-0.2, 0) is 7.05 Å². The second-order valence-corrected chi connectivity index (χ2v) is 4.81. The Hall–Kier alpha value is -2.12. The van der Waals surface area contributed by atoms with Gasteiger partial charge in [-0.3, -0.25) is 9.48 Å². The molecule has 106 valence electrons. The van der Waals surface area contributed by atoms with Gasteiger partial charge in [0.2, 0.25) is 0 Å². The summed E-state index contributed by atoms with van der Waals surface area (Å²) in [7, 11) is 3.54. The highest BCUT2D eigenvalue weighted by Crippen LogP contribution is 2.17. The number of thiocarbonyl (C=S) groups is 1. The number of nitrogens with two attached hydrogens (primary N) is 1. The first-order chi connectivity index (χ1) is 9.49. The summed E-state index contributed by atoms with van der Waals surface area (Å²) >= 11 is 5.08. The lowest BCUT2D eigenvalue weighted by Gasteiger charge is -2.17. The van der Waals surface area contributed by atoms with Gasteiger partial charge in [-0.2, -0.15) is 0 Å². The van der Waals surface area contributed by atoms with Crippen LogP contribution in [0.3, 0.4) is 0 Å². The highest BCUT2D eigenvalue weighted by Gasteiger charge is 2.20. The maximum atomic E-state index is 12.6. The number of nitrogens with zero attached hydrogens (tertiary/aromatic N) is 3. The van der Waals surface area contributed by atoms with E-state index in [1.165, 1.54) is 0 Å². The fraction of sp³-hybridized carbons (Fsp3) is 0.231. The SMILES string of the molecule is Cc1c(N(C)C(=S)NN)c(=O)n(-c2ccccc2)n1C. The maximum absolute atomic E-state index is 12.6. The van der Waals surface area contributed by atoms with Gasteiger partial charge in [-0.05, 0) is 31.3 Å². The largest absolute Gasteiger partial charge is 0.315 e. The van der Waals surface area contributed by atoms with Gasteiger partial charge < -0.3 is 10.3 Å². The van der Waals surface area contributed by atoms with Crippen molar-refractivity contribution >= 4 is 23.0 Å². The number of para-hydroxylation sites is 1. The van der Waals surface area contributed by atoms with Crippen LogP contribution in [0.25, 0.3) is 5.69 Å². The van der Waals surface area contributed by atoms with Crippen molar-refractivity contribution in [2.45, 2.75) is 6.92 Å². The van der Waals surface area contributed by atoms with Gasteiger partial charge in [0.15, 0.2) is 5.11 Å². The molecule has 2 aromatic rings. The molecule has 0 radical (unpaired) electrons.